The molecule has 0 bridgehead atoms. The summed E-state index contributed by atoms with van der Waals surface area (Å²) in [6.07, 6.45) is 0.574. The van der Waals surface area contributed by atoms with Gasteiger partial charge < -0.3 is 5.32 Å². The third kappa shape index (κ3) is 2.44. The van der Waals surface area contributed by atoms with Gasteiger partial charge in [0, 0.05) is 20.5 Å². The van der Waals surface area contributed by atoms with Gasteiger partial charge in [0.1, 0.15) is 6.04 Å². The van der Waals surface area contributed by atoms with Gasteiger partial charge in [-0.05, 0) is 6.42 Å². The molecule has 1 heterocycles. The van der Waals surface area contributed by atoms with E-state index in [0.29, 0.717) is 6.42 Å². The second-order valence-corrected chi connectivity index (χ2v) is 3.12. The van der Waals surface area contributed by atoms with Gasteiger partial charge in [0.2, 0.25) is 5.91 Å². The normalized spacial score (nSPS) is 20.8. The number of imide groups is 1. The predicted molar refractivity (Wildman–Crippen MR) is 51.5 cm³/mol. The number of rotatable bonds is 2. The third-order valence-electron chi connectivity index (χ3n) is 2.20. The lowest BCUT2D eigenvalue weighted by atomic mass is 10.1. The van der Waals surface area contributed by atoms with Crippen molar-refractivity contribution in [2.24, 2.45) is 0 Å². The Labute approximate surface area is 87.2 Å². The molecule has 0 radical (unpaired) electrons. The molecule has 1 saturated heterocycles. The van der Waals surface area contributed by atoms with E-state index in [4.69, 9.17) is 0 Å². The molecule has 4 amide bonds. The fraction of sp³-hybridized carbons (Fsp3) is 0.625. The van der Waals surface area contributed by atoms with Crippen molar-refractivity contribution in [1.82, 2.24) is 21.1 Å². The second kappa shape index (κ2) is 4.74. The fourth-order valence-electron chi connectivity index (χ4n) is 1.45. The Bertz CT molecular complexity index is 292. The second-order valence-electron chi connectivity index (χ2n) is 3.12. The smallest absolute Gasteiger partial charge is 0.332 e. The van der Waals surface area contributed by atoms with Crippen molar-refractivity contribution in [2.75, 3.05) is 14.1 Å². The van der Waals surface area contributed by atoms with Crippen LogP contribution in [0.1, 0.15) is 12.8 Å². The highest BCUT2D eigenvalue weighted by molar-refractivity contribution is 6.01. The summed E-state index contributed by atoms with van der Waals surface area (Å²) in [5, 5.41) is 5.76. The van der Waals surface area contributed by atoms with Crippen LogP contribution in [0.2, 0.25) is 0 Å². The first kappa shape index (κ1) is 11.4. The minimum atomic E-state index is -0.646. The summed E-state index contributed by atoms with van der Waals surface area (Å²) in [6.45, 7) is 0. The van der Waals surface area contributed by atoms with Gasteiger partial charge in [-0.2, -0.15) is 0 Å². The van der Waals surface area contributed by atoms with E-state index in [2.05, 4.69) is 16.1 Å². The minimum absolute atomic E-state index is 0.242. The van der Waals surface area contributed by atoms with Gasteiger partial charge in [0.05, 0.1) is 0 Å². The summed E-state index contributed by atoms with van der Waals surface area (Å²) in [6, 6.07) is -1.06. The van der Waals surface area contributed by atoms with E-state index in [1.54, 1.807) is 7.05 Å². The number of carbonyl (C=O) groups excluding carboxylic acids is 3. The Hall–Kier alpha value is -1.63. The van der Waals surface area contributed by atoms with Crippen molar-refractivity contribution >= 4 is 17.8 Å². The summed E-state index contributed by atoms with van der Waals surface area (Å²) in [5.74, 6) is -0.756. The van der Waals surface area contributed by atoms with Crippen LogP contribution in [-0.4, -0.2) is 43.0 Å². The van der Waals surface area contributed by atoms with Crippen LogP contribution in [0, 0.1) is 0 Å². The van der Waals surface area contributed by atoms with E-state index >= 15 is 0 Å². The first-order valence-electron chi connectivity index (χ1n) is 4.62. The highest BCUT2D eigenvalue weighted by Crippen LogP contribution is 2.10. The molecule has 15 heavy (non-hydrogen) atoms. The van der Waals surface area contributed by atoms with Crippen LogP contribution < -0.4 is 16.1 Å². The van der Waals surface area contributed by atoms with E-state index in [1.807, 2.05) is 0 Å². The largest absolute Gasteiger partial charge is 0.340 e. The number of hydrogen-bond donors (Lipinski definition) is 3. The SMILES string of the molecule is CNC(=O)N(NC)C1CCC(=O)NC1=O. The lowest BCUT2D eigenvalue weighted by molar-refractivity contribution is -0.137. The Balaban J connectivity index is 2.72. The first-order chi connectivity index (χ1) is 7.10. The monoisotopic (exact) mass is 214 g/mol. The number of hydrogen-bond acceptors (Lipinski definition) is 4. The standard InChI is InChI=1S/C8H14N4O3/c1-9-8(15)12(10-2)5-3-4-6(13)11-7(5)14/h5,10H,3-4H2,1-2H3,(H,9,15)(H,11,13,14). The molecule has 0 aromatic carbocycles. The van der Waals surface area contributed by atoms with Crippen molar-refractivity contribution < 1.29 is 14.4 Å². The molecule has 84 valence electrons. The summed E-state index contributed by atoms with van der Waals surface area (Å²) in [5.41, 5.74) is 2.62. The summed E-state index contributed by atoms with van der Waals surface area (Å²) in [7, 11) is 3.01. The Morgan fingerprint density at radius 3 is 2.60 bits per heavy atom. The lowest BCUT2D eigenvalue weighted by Crippen LogP contribution is -2.59. The molecule has 7 heteroatoms. The topological polar surface area (TPSA) is 90.5 Å². The quantitative estimate of drug-likeness (QED) is 0.388. The van der Waals surface area contributed by atoms with Crippen LogP contribution in [0.4, 0.5) is 4.79 Å². The summed E-state index contributed by atoms with van der Waals surface area (Å²) in [4.78, 5) is 33.7. The molecule has 0 aromatic rings. The van der Waals surface area contributed by atoms with Gasteiger partial charge >= 0.3 is 6.03 Å². The molecule has 1 unspecified atom stereocenters. The summed E-state index contributed by atoms with van der Waals surface area (Å²) < 4.78 is 0. The van der Waals surface area contributed by atoms with Crippen LogP contribution in [0.25, 0.3) is 0 Å². The fourth-order valence-corrected chi connectivity index (χ4v) is 1.45. The van der Waals surface area contributed by atoms with E-state index in [9.17, 15) is 14.4 Å². The molecule has 3 N–H and O–H groups in total. The number of piperidine rings is 1. The number of hydrazine groups is 1. The molecule has 1 atom stereocenters. The molecule has 1 rings (SSSR count). The summed E-state index contributed by atoms with van der Waals surface area (Å²) >= 11 is 0. The maximum Gasteiger partial charge on any atom is 0.332 e. The molecular formula is C8H14N4O3. The van der Waals surface area contributed by atoms with Crippen LogP contribution >= 0.6 is 0 Å². The van der Waals surface area contributed by atoms with Crippen molar-refractivity contribution in [1.29, 1.82) is 0 Å². The van der Waals surface area contributed by atoms with E-state index in [1.165, 1.54) is 12.1 Å². The molecule has 0 aromatic heterocycles. The zero-order valence-electron chi connectivity index (χ0n) is 8.66. The van der Waals surface area contributed by atoms with Crippen LogP contribution in [-0.2, 0) is 9.59 Å². The molecule has 1 fully saturated rings. The maximum absolute atomic E-state index is 11.4. The number of urea groups is 1. The Kier molecular flexibility index (Phi) is 3.62. The molecule has 7 nitrogen and oxygen atoms in total. The molecule has 1 aliphatic heterocycles. The number of carbonyl (C=O) groups is 3. The van der Waals surface area contributed by atoms with Crippen LogP contribution in [0.5, 0.6) is 0 Å². The number of nitrogens with zero attached hydrogens (tertiary/aromatic N) is 1. The predicted octanol–water partition coefficient (Wildman–Crippen LogP) is -1.43. The average Bonchev–Trinajstić information content (AvgIpc) is 2.21. The zero-order chi connectivity index (χ0) is 11.4. The Morgan fingerprint density at radius 1 is 1.47 bits per heavy atom. The van der Waals surface area contributed by atoms with E-state index < -0.39 is 18.0 Å². The van der Waals surface area contributed by atoms with Gasteiger partial charge in [-0.25, -0.2) is 15.2 Å². The Morgan fingerprint density at radius 2 is 2.13 bits per heavy atom. The van der Waals surface area contributed by atoms with E-state index in [-0.39, 0.29) is 12.3 Å². The van der Waals surface area contributed by atoms with Crippen molar-refractivity contribution in [2.45, 2.75) is 18.9 Å². The third-order valence-corrected chi connectivity index (χ3v) is 2.20. The highest BCUT2D eigenvalue weighted by Gasteiger charge is 2.33. The zero-order valence-corrected chi connectivity index (χ0v) is 8.66. The lowest BCUT2D eigenvalue weighted by Gasteiger charge is -2.31. The molecule has 0 saturated carbocycles. The van der Waals surface area contributed by atoms with Gasteiger partial charge in [-0.3, -0.25) is 14.9 Å². The van der Waals surface area contributed by atoms with Gasteiger partial charge in [0.25, 0.3) is 5.91 Å². The number of nitrogens with one attached hydrogen (secondary N) is 3. The van der Waals surface area contributed by atoms with Gasteiger partial charge in [-0.15, -0.1) is 0 Å². The maximum atomic E-state index is 11.4. The van der Waals surface area contributed by atoms with Crippen LogP contribution in [0.15, 0.2) is 0 Å². The van der Waals surface area contributed by atoms with Crippen LogP contribution in [0.3, 0.4) is 0 Å². The molecule has 0 aliphatic carbocycles. The highest BCUT2D eigenvalue weighted by atomic mass is 16.2. The van der Waals surface area contributed by atoms with Crippen molar-refractivity contribution in [3.63, 3.8) is 0 Å². The molecular weight excluding hydrogens is 200 g/mol. The number of amides is 4. The molecule has 1 aliphatic rings. The first-order valence-corrected chi connectivity index (χ1v) is 4.62. The van der Waals surface area contributed by atoms with Crippen molar-refractivity contribution in [3.8, 4) is 0 Å². The van der Waals surface area contributed by atoms with Gasteiger partial charge in [-0.1, -0.05) is 0 Å². The van der Waals surface area contributed by atoms with Gasteiger partial charge in [0.15, 0.2) is 0 Å². The average molecular weight is 214 g/mol. The van der Waals surface area contributed by atoms with Crippen molar-refractivity contribution in [3.05, 3.63) is 0 Å². The molecule has 0 spiro atoms. The van der Waals surface area contributed by atoms with E-state index in [0.717, 1.165) is 0 Å². The minimum Gasteiger partial charge on any atom is -0.340 e.